The summed E-state index contributed by atoms with van der Waals surface area (Å²) in [5.74, 6) is 0.164. The summed E-state index contributed by atoms with van der Waals surface area (Å²) in [6, 6.07) is 16.2. The quantitative estimate of drug-likeness (QED) is 0.0809. The van der Waals surface area contributed by atoms with Gasteiger partial charge in [0.2, 0.25) is 5.91 Å². The summed E-state index contributed by atoms with van der Waals surface area (Å²) in [5, 5.41) is 17.3. The lowest BCUT2D eigenvalue weighted by molar-refractivity contribution is -0.111. The highest BCUT2D eigenvalue weighted by molar-refractivity contribution is 6.22. The molecule has 3 fully saturated rings. The number of fused-ring (bicyclic) bond motifs is 4. The van der Waals surface area contributed by atoms with Gasteiger partial charge in [-0.1, -0.05) is 39.7 Å². The Bertz CT molecular complexity index is 3070. The SMILES string of the molecule is C=CC(=O)Nc1cc(Nc2nc(-c3ccnc(N4CCn5c(cc6c5CC(C)(C)C6)C4=O)c3CO)cnc2OC)ccc1N1CCN(C2CCN(c3ccc4c(c3)C(=O)N(C3CCCCC3)C4=O)[C@@H](C)C2)C[C@@H]1C. The van der Waals surface area contributed by atoms with Gasteiger partial charge in [0, 0.05) is 97.8 Å². The first-order valence-electron chi connectivity index (χ1n) is 26.4. The van der Waals surface area contributed by atoms with Gasteiger partial charge in [-0.15, -0.1) is 0 Å². The topological polar surface area (TPSA) is 182 Å². The molecule has 17 nitrogen and oxygen atoms in total. The maximum absolute atomic E-state index is 14.1. The van der Waals surface area contributed by atoms with E-state index in [0.29, 0.717) is 75.8 Å². The van der Waals surface area contributed by atoms with Gasteiger partial charge in [-0.05, 0) is 118 Å². The summed E-state index contributed by atoms with van der Waals surface area (Å²) >= 11 is 0. The number of pyridine rings is 1. The number of anilines is 6. The summed E-state index contributed by atoms with van der Waals surface area (Å²) in [7, 11) is 1.52. The molecular formula is C57H67N11O6. The average Bonchev–Trinajstić information content (AvgIpc) is 3.99. The number of amides is 4. The first-order valence-corrected chi connectivity index (χ1v) is 26.4. The molecule has 5 aromatic rings. The van der Waals surface area contributed by atoms with Crippen molar-refractivity contribution in [2.24, 2.45) is 5.41 Å². The smallest absolute Gasteiger partial charge is 0.276 e. The van der Waals surface area contributed by atoms with E-state index < -0.39 is 0 Å². The van der Waals surface area contributed by atoms with E-state index in [0.717, 1.165) is 95.3 Å². The van der Waals surface area contributed by atoms with Crippen LogP contribution in [-0.4, -0.2) is 122 Å². The third kappa shape index (κ3) is 8.86. The normalized spacial score (nSPS) is 21.9. The number of ether oxygens (including phenoxy) is 1. The molecular weight excluding hydrogens is 935 g/mol. The summed E-state index contributed by atoms with van der Waals surface area (Å²) in [6.07, 6.45) is 13.3. The van der Waals surface area contributed by atoms with Crippen LogP contribution < -0.4 is 30.1 Å². The van der Waals surface area contributed by atoms with Gasteiger partial charge in [0.15, 0.2) is 5.82 Å². The van der Waals surface area contributed by atoms with Gasteiger partial charge < -0.3 is 34.8 Å². The van der Waals surface area contributed by atoms with E-state index in [1.54, 1.807) is 23.4 Å². The Labute approximate surface area is 432 Å². The van der Waals surface area contributed by atoms with E-state index in [4.69, 9.17) is 9.72 Å². The number of carbonyl (C=O) groups excluding carboxylic acids is 4. The van der Waals surface area contributed by atoms with Crippen LogP contribution >= 0.6 is 0 Å². The van der Waals surface area contributed by atoms with E-state index in [-0.39, 0.29) is 59.7 Å². The number of hydrogen-bond donors (Lipinski definition) is 3. The maximum atomic E-state index is 14.1. The van der Waals surface area contributed by atoms with Crippen molar-refractivity contribution in [1.82, 2.24) is 29.3 Å². The number of hydrogen-bond acceptors (Lipinski definition) is 13. The van der Waals surface area contributed by atoms with Crippen molar-refractivity contribution in [1.29, 1.82) is 0 Å². The van der Waals surface area contributed by atoms with Gasteiger partial charge in [-0.2, -0.15) is 0 Å². The summed E-state index contributed by atoms with van der Waals surface area (Å²) in [5.41, 5.74) is 8.94. The lowest BCUT2D eigenvalue weighted by atomic mass is 9.90. The van der Waals surface area contributed by atoms with Crippen LogP contribution in [0, 0.1) is 5.41 Å². The Balaban J connectivity index is 0.777. The molecule has 17 heteroatoms. The molecule has 3 atom stereocenters. The molecule has 11 rings (SSSR count). The number of benzene rings is 2. The van der Waals surface area contributed by atoms with Crippen LogP contribution in [0.1, 0.15) is 121 Å². The van der Waals surface area contributed by atoms with Gasteiger partial charge >= 0.3 is 0 Å². The van der Waals surface area contributed by atoms with Gasteiger partial charge in [-0.3, -0.25) is 33.9 Å². The van der Waals surface area contributed by atoms with Crippen LogP contribution in [0.5, 0.6) is 5.88 Å². The Morgan fingerprint density at radius 1 is 0.851 bits per heavy atom. The van der Waals surface area contributed by atoms with Crippen molar-refractivity contribution in [2.75, 3.05) is 65.2 Å². The highest BCUT2D eigenvalue weighted by atomic mass is 16.5. The van der Waals surface area contributed by atoms with Crippen molar-refractivity contribution in [3.8, 4) is 17.1 Å². The minimum Gasteiger partial charge on any atom is -0.478 e. The zero-order valence-electron chi connectivity index (χ0n) is 43.2. The molecule has 3 aromatic heterocycles. The second-order valence-corrected chi connectivity index (χ2v) is 21.9. The zero-order valence-corrected chi connectivity index (χ0v) is 43.2. The minimum absolute atomic E-state index is 0.00203. The van der Waals surface area contributed by atoms with Gasteiger partial charge in [-0.25, -0.2) is 15.0 Å². The third-order valence-corrected chi connectivity index (χ3v) is 16.5. The number of nitrogens with zero attached hydrogens (tertiary/aromatic N) is 9. The number of aromatic nitrogens is 4. The van der Waals surface area contributed by atoms with E-state index in [1.165, 1.54) is 29.3 Å². The fourth-order valence-corrected chi connectivity index (χ4v) is 12.9. The average molecular weight is 1000 g/mol. The van der Waals surface area contributed by atoms with E-state index in [9.17, 15) is 24.3 Å². The summed E-state index contributed by atoms with van der Waals surface area (Å²) in [6.45, 7) is 16.7. The number of methoxy groups -OCH3 is 1. The second-order valence-electron chi connectivity index (χ2n) is 21.9. The van der Waals surface area contributed by atoms with Crippen LogP contribution in [0.15, 0.2) is 73.6 Å². The highest BCUT2D eigenvalue weighted by Gasteiger charge is 2.42. The first-order chi connectivity index (χ1) is 35.7. The Hall–Kier alpha value is -7.11. The molecule has 2 saturated heterocycles. The molecule has 0 radical (unpaired) electrons. The number of nitrogens with one attached hydrogen (secondary N) is 2. The predicted octanol–water partition coefficient (Wildman–Crippen LogP) is 7.99. The van der Waals surface area contributed by atoms with Crippen molar-refractivity contribution >= 4 is 58.0 Å². The number of piperazine rings is 1. The molecule has 4 amide bonds. The molecule has 0 bridgehead atoms. The number of aliphatic hydroxyl groups excluding tert-OH is 1. The van der Waals surface area contributed by atoms with Gasteiger partial charge in [0.05, 0.1) is 48.1 Å². The third-order valence-electron chi connectivity index (χ3n) is 16.5. The minimum atomic E-state index is -0.382. The first kappa shape index (κ1) is 49.1. The lowest BCUT2D eigenvalue weighted by Gasteiger charge is -2.48. The Kier molecular flexibility index (Phi) is 13.0. The van der Waals surface area contributed by atoms with Crippen molar-refractivity contribution in [3.05, 3.63) is 107 Å². The van der Waals surface area contributed by atoms with Crippen molar-refractivity contribution in [2.45, 2.75) is 123 Å². The van der Waals surface area contributed by atoms with E-state index in [1.807, 2.05) is 42.5 Å². The standard InChI is InChI=1S/C57H67N11O6/c1-7-50(70)61-45-27-37(60-51-53(74-6)59-31-46(62-51)41-17-19-58-52(44(41)33-69)67-24-23-66-48(56(67)73)26-36-29-57(4,5)30-49(36)66)13-16-47(45)65-22-21-63(32-35(65)3)39-18-20-64(34(2)25-39)40-14-15-42-43(28-40)55(72)68(54(42)71)38-11-9-8-10-12-38/h7,13-17,19,26-28,31,34-35,38-39,69H,1,8-12,18,20-25,29-30,32-33H2,2-6H3,(H,60,62)(H,61,70)/t34-,35-,39?/m0/s1. The van der Waals surface area contributed by atoms with Crippen molar-refractivity contribution < 1.29 is 29.0 Å². The molecule has 74 heavy (non-hydrogen) atoms. The number of piperidine rings is 1. The van der Waals surface area contributed by atoms with Crippen molar-refractivity contribution in [3.63, 3.8) is 0 Å². The van der Waals surface area contributed by atoms with Crippen LogP contribution in [-0.2, 0) is 30.8 Å². The zero-order chi connectivity index (χ0) is 51.6. The molecule has 386 valence electrons. The molecule has 2 aromatic carbocycles. The molecule has 4 aliphatic heterocycles. The summed E-state index contributed by atoms with van der Waals surface area (Å²) < 4.78 is 7.84. The monoisotopic (exact) mass is 1000 g/mol. The molecule has 7 heterocycles. The Morgan fingerprint density at radius 2 is 1.66 bits per heavy atom. The van der Waals surface area contributed by atoms with E-state index >= 15 is 0 Å². The fourth-order valence-electron chi connectivity index (χ4n) is 12.9. The van der Waals surface area contributed by atoms with Crippen LogP contribution in [0.25, 0.3) is 11.3 Å². The molecule has 1 saturated carbocycles. The molecule has 1 unspecified atom stereocenters. The number of imide groups is 1. The van der Waals surface area contributed by atoms with Crippen LogP contribution in [0.3, 0.4) is 0 Å². The molecule has 0 spiro atoms. The highest BCUT2D eigenvalue weighted by Crippen LogP contribution is 2.42. The second kappa shape index (κ2) is 19.6. The van der Waals surface area contributed by atoms with Gasteiger partial charge in [0.1, 0.15) is 11.5 Å². The lowest BCUT2D eigenvalue weighted by Crippen LogP contribution is -2.58. The summed E-state index contributed by atoms with van der Waals surface area (Å²) in [4.78, 5) is 78.8. The maximum Gasteiger partial charge on any atom is 0.276 e. The molecule has 6 aliphatic rings. The van der Waals surface area contributed by atoms with Crippen LogP contribution in [0.2, 0.25) is 0 Å². The molecule has 2 aliphatic carbocycles. The van der Waals surface area contributed by atoms with E-state index in [2.05, 4.69) is 74.1 Å². The largest absolute Gasteiger partial charge is 0.478 e. The Morgan fingerprint density at radius 3 is 2.42 bits per heavy atom. The number of carbonyl (C=O) groups is 4. The predicted molar refractivity (Wildman–Crippen MR) is 286 cm³/mol. The number of aliphatic hydroxyl groups is 1. The van der Waals surface area contributed by atoms with Gasteiger partial charge in [0.25, 0.3) is 23.6 Å². The molecule has 3 N–H and O–H groups in total. The fraction of sp³-hybridized carbons (Fsp3) is 0.456. The number of rotatable bonds is 12. The van der Waals surface area contributed by atoms with Crippen LogP contribution in [0.4, 0.5) is 34.4 Å².